The third-order valence-corrected chi connectivity index (χ3v) is 2.66. The molecule has 1 heterocycles. The molecule has 23 heavy (non-hydrogen) atoms. The molecule has 0 unspecified atom stereocenters. The van der Waals surface area contributed by atoms with Crippen molar-refractivity contribution >= 4 is 16.8 Å². The lowest BCUT2D eigenvalue weighted by Gasteiger charge is -2.49. The van der Waals surface area contributed by atoms with Gasteiger partial charge in [-0.3, -0.25) is 4.79 Å². The molecule has 1 rings (SSSR count). The first kappa shape index (κ1) is 20.1. The molecule has 1 saturated heterocycles. The molecule has 3 nitrogen and oxygen atoms in total. The molecule has 136 valence electrons. The van der Waals surface area contributed by atoms with Gasteiger partial charge in [-0.05, 0) is 11.6 Å². The van der Waals surface area contributed by atoms with E-state index in [0.29, 0.717) is 0 Å². The molecule has 0 N–H and O–H groups in total. The molecular weight excluding hydrogens is 394 g/mol. The molecule has 0 aliphatic carbocycles. The van der Waals surface area contributed by atoms with Gasteiger partial charge in [-0.15, -0.1) is 0 Å². The molecule has 0 aromatic heterocycles. The van der Waals surface area contributed by atoms with Crippen molar-refractivity contribution in [2.75, 3.05) is 0 Å². The molecule has 1 aliphatic heterocycles. The van der Waals surface area contributed by atoms with Crippen LogP contribution in [0.15, 0.2) is 0 Å². The standard InChI is InChI=1S/C7ClF12NO2/c8-1(22)2(9,10)3(11,12)21-4(13,14)6(17,18)23-7(19,20)5(21,15)16. The summed E-state index contributed by atoms with van der Waals surface area (Å²) in [5.41, 5.74) is 0. The maximum atomic E-state index is 13.2. The Morgan fingerprint density at radius 2 is 1.13 bits per heavy atom. The zero-order valence-electron chi connectivity index (χ0n) is 9.68. The molecule has 1 fully saturated rings. The maximum absolute atomic E-state index is 13.2. The summed E-state index contributed by atoms with van der Waals surface area (Å²) in [6.07, 6.45) is -13.5. The minimum atomic E-state index is -7.25. The number of ether oxygens (including phenoxy) is 1. The SMILES string of the molecule is O=C(Cl)C(F)(F)C(F)(F)N1C(F)(F)C(F)(F)OC(F)(F)C1(F)F. The van der Waals surface area contributed by atoms with Crippen molar-refractivity contribution < 1.29 is 62.2 Å². The normalized spacial score (nSPS) is 26.8. The van der Waals surface area contributed by atoms with Gasteiger partial charge in [0, 0.05) is 0 Å². The summed E-state index contributed by atoms with van der Waals surface area (Å²) in [6, 6.07) is -21.4. The molecular formula is C7ClF12NO2. The second kappa shape index (κ2) is 4.78. The number of hydrogen-bond acceptors (Lipinski definition) is 3. The highest BCUT2D eigenvalue weighted by Gasteiger charge is 2.90. The minimum Gasteiger partial charge on any atom is -0.274 e. The van der Waals surface area contributed by atoms with Crippen molar-refractivity contribution in [2.45, 2.75) is 36.3 Å². The molecule has 0 aromatic rings. The molecule has 0 radical (unpaired) electrons. The third kappa shape index (κ3) is 2.43. The average molecular weight is 394 g/mol. The van der Waals surface area contributed by atoms with E-state index in [1.165, 1.54) is 0 Å². The average Bonchev–Trinajstić information content (AvgIpc) is 2.23. The number of rotatable bonds is 3. The Hall–Kier alpha value is -0.960. The fraction of sp³-hybridized carbons (Fsp3) is 0.857. The highest BCUT2D eigenvalue weighted by molar-refractivity contribution is 6.65. The van der Waals surface area contributed by atoms with E-state index < -0.39 is 46.4 Å². The lowest BCUT2D eigenvalue weighted by atomic mass is 10.2. The van der Waals surface area contributed by atoms with Crippen molar-refractivity contribution in [3.05, 3.63) is 0 Å². The van der Waals surface area contributed by atoms with Crippen LogP contribution < -0.4 is 0 Å². The summed E-state index contributed by atoms with van der Waals surface area (Å²) >= 11 is 3.91. The summed E-state index contributed by atoms with van der Waals surface area (Å²) in [5, 5.41) is -3.55. The predicted octanol–water partition coefficient (Wildman–Crippen LogP) is 3.68. The van der Waals surface area contributed by atoms with Gasteiger partial charge in [0.2, 0.25) is 0 Å². The van der Waals surface area contributed by atoms with Crippen LogP contribution in [0.2, 0.25) is 0 Å². The van der Waals surface area contributed by atoms with Gasteiger partial charge in [-0.25, -0.2) is 4.74 Å². The Balaban J connectivity index is 3.71. The predicted molar refractivity (Wildman–Crippen MR) is 43.5 cm³/mol. The number of morpholine rings is 1. The van der Waals surface area contributed by atoms with Crippen LogP contribution in [0.25, 0.3) is 0 Å². The van der Waals surface area contributed by atoms with Crippen LogP contribution in [0.1, 0.15) is 0 Å². The molecule has 0 amide bonds. The molecule has 0 saturated carbocycles. The summed E-state index contributed by atoms with van der Waals surface area (Å²) < 4.78 is 157. The van der Waals surface area contributed by atoms with Crippen LogP contribution in [-0.4, -0.2) is 46.4 Å². The van der Waals surface area contributed by atoms with Crippen LogP contribution in [0.3, 0.4) is 0 Å². The van der Waals surface area contributed by atoms with Crippen molar-refractivity contribution in [1.82, 2.24) is 4.90 Å². The number of carbonyl (C=O) groups excluding carboxylic acids is 1. The summed E-state index contributed by atoms with van der Waals surface area (Å²) in [7, 11) is 0. The lowest BCUT2D eigenvalue weighted by molar-refractivity contribution is -0.591. The highest BCUT2D eigenvalue weighted by Crippen LogP contribution is 2.60. The van der Waals surface area contributed by atoms with Crippen molar-refractivity contribution in [2.24, 2.45) is 0 Å². The van der Waals surface area contributed by atoms with E-state index in [1.54, 1.807) is 4.74 Å². The van der Waals surface area contributed by atoms with E-state index in [4.69, 9.17) is 0 Å². The van der Waals surface area contributed by atoms with E-state index >= 15 is 0 Å². The van der Waals surface area contributed by atoms with Gasteiger partial charge < -0.3 is 0 Å². The Labute approximate surface area is 121 Å². The number of alkyl halides is 12. The Morgan fingerprint density at radius 1 is 0.826 bits per heavy atom. The number of carbonyl (C=O) groups is 1. The van der Waals surface area contributed by atoms with Gasteiger partial charge in [0.25, 0.3) is 5.24 Å². The zero-order valence-corrected chi connectivity index (χ0v) is 10.4. The van der Waals surface area contributed by atoms with Crippen LogP contribution in [0.5, 0.6) is 0 Å². The van der Waals surface area contributed by atoms with E-state index in [1.807, 2.05) is 0 Å². The van der Waals surface area contributed by atoms with E-state index in [-0.39, 0.29) is 0 Å². The van der Waals surface area contributed by atoms with Crippen LogP contribution in [0.4, 0.5) is 52.7 Å². The second-order valence-corrected chi connectivity index (χ2v) is 4.29. The quantitative estimate of drug-likeness (QED) is 0.416. The van der Waals surface area contributed by atoms with E-state index in [0.717, 1.165) is 0 Å². The van der Waals surface area contributed by atoms with Gasteiger partial charge in [0.05, 0.1) is 0 Å². The first-order chi connectivity index (χ1) is 9.77. The smallest absolute Gasteiger partial charge is 0.274 e. The van der Waals surface area contributed by atoms with Crippen LogP contribution in [-0.2, 0) is 9.53 Å². The third-order valence-electron chi connectivity index (χ3n) is 2.42. The first-order valence-electron chi connectivity index (χ1n) is 4.74. The van der Waals surface area contributed by atoms with Crippen molar-refractivity contribution in [1.29, 1.82) is 0 Å². The summed E-state index contributed by atoms with van der Waals surface area (Å²) in [6.45, 7) is 0. The summed E-state index contributed by atoms with van der Waals surface area (Å²) in [4.78, 5) is 6.32. The maximum Gasteiger partial charge on any atom is 0.439 e. The minimum absolute atomic E-state index is 1.79. The second-order valence-electron chi connectivity index (χ2n) is 3.94. The van der Waals surface area contributed by atoms with E-state index in [2.05, 4.69) is 11.6 Å². The molecule has 16 heteroatoms. The fourth-order valence-electron chi connectivity index (χ4n) is 1.33. The molecule has 0 spiro atoms. The van der Waals surface area contributed by atoms with E-state index in [9.17, 15) is 57.5 Å². The molecule has 0 bridgehead atoms. The molecule has 1 aliphatic rings. The Kier molecular flexibility index (Phi) is 4.18. The Morgan fingerprint density at radius 3 is 1.39 bits per heavy atom. The van der Waals surface area contributed by atoms with Gasteiger partial charge in [0.1, 0.15) is 0 Å². The Bertz CT molecular complexity index is 494. The van der Waals surface area contributed by atoms with Crippen molar-refractivity contribution in [3.63, 3.8) is 0 Å². The largest absolute Gasteiger partial charge is 0.439 e. The monoisotopic (exact) mass is 393 g/mol. The topological polar surface area (TPSA) is 29.5 Å². The van der Waals surface area contributed by atoms with Crippen molar-refractivity contribution in [3.8, 4) is 0 Å². The first-order valence-corrected chi connectivity index (χ1v) is 5.12. The molecule has 0 atom stereocenters. The van der Waals surface area contributed by atoms with Crippen LogP contribution in [0, 0.1) is 0 Å². The van der Waals surface area contributed by atoms with Gasteiger partial charge >= 0.3 is 36.3 Å². The van der Waals surface area contributed by atoms with Gasteiger partial charge in [-0.2, -0.15) is 52.7 Å². The zero-order chi connectivity index (χ0) is 18.9. The number of halogens is 13. The van der Waals surface area contributed by atoms with Gasteiger partial charge in [-0.1, -0.05) is 4.90 Å². The number of nitrogens with zero attached hydrogens (tertiary/aromatic N) is 1. The lowest BCUT2D eigenvalue weighted by Crippen LogP contribution is -2.80. The van der Waals surface area contributed by atoms with Gasteiger partial charge in [0.15, 0.2) is 0 Å². The summed E-state index contributed by atoms with van der Waals surface area (Å²) in [5.74, 6) is -6.66. The fourth-order valence-corrected chi connectivity index (χ4v) is 1.45. The molecule has 0 aromatic carbocycles. The number of hydrogen-bond donors (Lipinski definition) is 0. The highest BCUT2D eigenvalue weighted by atomic mass is 35.5. The van der Waals surface area contributed by atoms with Crippen LogP contribution >= 0.6 is 11.6 Å².